The standard InChI is InChI=1S/C17H24N6O2.HI/c1-12-21-15(25-22-12)11-20-17(18-2)19-9-8-13-6-5-7-14(10-13)16(24)23(3)4;/h5-7,10H,8-9,11H2,1-4H3,(H2,18,19,20);1H. The van der Waals surface area contributed by atoms with Crippen molar-refractivity contribution < 1.29 is 9.32 Å². The predicted molar refractivity (Wildman–Crippen MR) is 111 cm³/mol. The van der Waals surface area contributed by atoms with Gasteiger partial charge in [0.15, 0.2) is 11.8 Å². The van der Waals surface area contributed by atoms with E-state index in [-0.39, 0.29) is 29.9 Å². The van der Waals surface area contributed by atoms with Gasteiger partial charge in [-0.15, -0.1) is 24.0 Å². The van der Waals surface area contributed by atoms with Gasteiger partial charge in [0, 0.05) is 33.3 Å². The van der Waals surface area contributed by atoms with E-state index in [1.54, 1.807) is 33.0 Å². The van der Waals surface area contributed by atoms with Gasteiger partial charge in [0.2, 0.25) is 5.89 Å². The number of carbonyl (C=O) groups is 1. The van der Waals surface area contributed by atoms with Gasteiger partial charge in [-0.05, 0) is 31.0 Å². The van der Waals surface area contributed by atoms with Gasteiger partial charge >= 0.3 is 0 Å². The highest BCUT2D eigenvalue weighted by Crippen LogP contribution is 2.07. The van der Waals surface area contributed by atoms with Crippen LogP contribution in [0.3, 0.4) is 0 Å². The summed E-state index contributed by atoms with van der Waals surface area (Å²) in [5.74, 6) is 1.76. The average Bonchev–Trinajstić information content (AvgIpc) is 3.02. The molecule has 0 radical (unpaired) electrons. The first kappa shape index (κ1) is 21.9. The molecule has 8 nitrogen and oxygen atoms in total. The summed E-state index contributed by atoms with van der Waals surface area (Å²) in [5.41, 5.74) is 1.78. The summed E-state index contributed by atoms with van der Waals surface area (Å²) in [7, 11) is 5.19. The number of aryl methyl sites for hydroxylation is 1. The predicted octanol–water partition coefficient (Wildman–Crippen LogP) is 1.61. The highest BCUT2D eigenvalue weighted by molar-refractivity contribution is 14.0. The van der Waals surface area contributed by atoms with E-state index < -0.39 is 0 Å². The number of guanidine groups is 1. The molecule has 2 rings (SSSR count). The van der Waals surface area contributed by atoms with Crippen LogP contribution < -0.4 is 10.6 Å². The lowest BCUT2D eigenvalue weighted by atomic mass is 10.1. The van der Waals surface area contributed by atoms with Gasteiger partial charge in [0.05, 0.1) is 6.54 Å². The quantitative estimate of drug-likeness (QED) is 0.377. The largest absolute Gasteiger partial charge is 0.356 e. The van der Waals surface area contributed by atoms with Gasteiger partial charge in [0.1, 0.15) is 0 Å². The van der Waals surface area contributed by atoms with Gasteiger partial charge < -0.3 is 20.1 Å². The number of nitrogens with one attached hydrogen (secondary N) is 2. The number of rotatable bonds is 6. The summed E-state index contributed by atoms with van der Waals surface area (Å²) in [4.78, 5) is 21.9. The normalized spacial score (nSPS) is 10.8. The molecule has 0 saturated heterocycles. The molecule has 0 saturated carbocycles. The summed E-state index contributed by atoms with van der Waals surface area (Å²) in [6.45, 7) is 2.87. The topological polar surface area (TPSA) is 95.7 Å². The van der Waals surface area contributed by atoms with Crippen LogP contribution in [0.2, 0.25) is 0 Å². The van der Waals surface area contributed by atoms with E-state index in [1.165, 1.54) is 0 Å². The third-order valence-electron chi connectivity index (χ3n) is 3.49. The van der Waals surface area contributed by atoms with Crippen molar-refractivity contribution in [1.29, 1.82) is 0 Å². The van der Waals surface area contributed by atoms with E-state index >= 15 is 0 Å². The minimum absolute atomic E-state index is 0. The molecule has 1 amide bonds. The van der Waals surface area contributed by atoms with Gasteiger partial charge in [-0.3, -0.25) is 9.79 Å². The lowest BCUT2D eigenvalue weighted by Crippen LogP contribution is -2.37. The maximum Gasteiger partial charge on any atom is 0.253 e. The first-order chi connectivity index (χ1) is 12.0. The average molecular weight is 472 g/mol. The number of benzene rings is 1. The Labute approximate surface area is 170 Å². The van der Waals surface area contributed by atoms with Crippen LogP contribution in [0.15, 0.2) is 33.8 Å². The summed E-state index contributed by atoms with van der Waals surface area (Å²) in [6.07, 6.45) is 0.773. The van der Waals surface area contributed by atoms with E-state index in [9.17, 15) is 4.79 Å². The van der Waals surface area contributed by atoms with Crippen molar-refractivity contribution in [2.24, 2.45) is 4.99 Å². The molecule has 0 aliphatic rings. The molecule has 2 aromatic rings. The van der Waals surface area contributed by atoms with Crippen LogP contribution in [0.4, 0.5) is 0 Å². The van der Waals surface area contributed by atoms with E-state index in [0.29, 0.717) is 36.3 Å². The molecule has 0 unspecified atom stereocenters. The zero-order valence-electron chi connectivity index (χ0n) is 15.4. The monoisotopic (exact) mass is 472 g/mol. The number of aromatic nitrogens is 2. The SMILES string of the molecule is CN=C(NCCc1cccc(C(=O)N(C)C)c1)NCc1nc(C)no1.I. The molecule has 1 aromatic carbocycles. The van der Waals surface area contributed by atoms with E-state index in [1.807, 2.05) is 24.3 Å². The fraction of sp³-hybridized carbons (Fsp3) is 0.412. The zero-order chi connectivity index (χ0) is 18.2. The van der Waals surface area contributed by atoms with Gasteiger partial charge in [0.25, 0.3) is 5.91 Å². The smallest absolute Gasteiger partial charge is 0.253 e. The molecular formula is C17H25IN6O2. The number of carbonyl (C=O) groups excluding carboxylic acids is 1. The summed E-state index contributed by atoms with van der Waals surface area (Å²) >= 11 is 0. The number of amides is 1. The van der Waals surface area contributed by atoms with Crippen LogP contribution in [0.25, 0.3) is 0 Å². The Hall–Kier alpha value is -2.17. The van der Waals surface area contributed by atoms with Crippen LogP contribution in [-0.2, 0) is 13.0 Å². The van der Waals surface area contributed by atoms with E-state index in [0.717, 1.165) is 12.0 Å². The Morgan fingerprint density at radius 1 is 1.31 bits per heavy atom. The molecule has 1 heterocycles. The van der Waals surface area contributed by atoms with Gasteiger partial charge in [-0.2, -0.15) is 4.98 Å². The van der Waals surface area contributed by atoms with Crippen molar-refractivity contribution in [3.05, 3.63) is 47.1 Å². The van der Waals surface area contributed by atoms with Gasteiger partial charge in [-0.1, -0.05) is 17.3 Å². The molecule has 0 spiro atoms. The molecular weight excluding hydrogens is 447 g/mol. The number of halogens is 1. The fourth-order valence-corrected chi connectivity index (χ4v) is 2.24. The Kier molecular flexibility index (Phi) is 9.03. The minimum atomic E-state index is 0. The Morgan fingerprint density at radius 2 is 2.08 bits per heavy atom. The second-order valence-electron chi connectivity index (χ2n) is 5.74. The zero-order valence-corrected chi connectivity index (χ0v) is 17.8. The molecule has 0 bridgehead atoms. The van der Waals surface area contributed by atoms with Crippen molar-refractivity contribution in [2.45, 2.75) is 19.9 Å². The maximum absolute atomic E-state index is 12.0. The van der Waals surface area contributed by atoms with Crippen molar-refractivity contribution >= 4 is 35.8 Å². The summed E-state index contributed by atoms with van der Waals surface area (Å²) in [6, 6.07) is 7.65. The highest BCUT2D eigenvalue weighted by Gasteiger charge is 2.08. The number of hydrogen-bond donors (Lipinski definition) is 2. The van der Waals surface area contributed by atoms with Crippen LogP contribution in [-0.4, -0.2) is 54.6 Å². The first-order valence-electron chi connectivity index (χ1n) is 8.04. The summed E-state index contributed by atoms with van der Waals surface area (Å²) in [5, 5.41) is 10.1. The Bertz CT molecular complexity index is 744. The van der Waals surface area contributed by atoms with E-state index in [4.69, 9.17) is 4.52 Å². The van der Waals surface area contributed by atoms with Crippen LogP contribution >= 0.6 is 24.0 Å². The Morgan fingerprint density at radius 3 is 2.69 bits per heavy atom. The second-order valence-corrected chi connectivity index (χ2v) is 5.74. The molecule has 0 aliphatic heterocycles. The Balaban J connectivity index is 0.00000338. The first-order valence-corrected chi connectivity index (χ1v) is 8.04. The molecule has 0 fully saturated rings. The molecule has 0 aliphatic carbocycles. The van der Waals surface area contributed by atoms with E-state index in [2.05, 4.69) is 25.8 Å². The molecule has 142 valence electrons. The van der Waals surface area contributed by atoms with Crippen molar-refractivity contribution in [1.82, 2.24) is 25.7 Å². The summed E-state index contributed by atoms with van der Waals surface area (Å²) < 4.78 is 5.05. The molecule has 1 aromatic heterocycles. The highest BCUT2D eigenvalue weighted by atomic mass is 127. The fourth-order valence-electron chi connectivity index (χ4n) is 2.24. The van der Waals surface area contributed by atoms with Crippen molar-refractivity contribution in [2.75, 3.05) is 27.7 Å². The number of hydrogen-bond acceptors (Lipinski definition) is 5. The molecule has 9 heteroatoms. The minimum Gasteiger partial charge on any atom is -0.356 e. The third kappa shape index (κ3) is 6.62. The van der Waals surface area contributed by atoms with Crippen LogP contribution in [0.1, 0.15) is 27.6 Å². The molecule has 26 heavy (non-hydrogen) atoms. The number of aliphatic imine (C=N–C) groups is 1. The van der Waals surface area contributed by atoms with Crippen molar-refractivity contribution in [3.8, 4) is 0 Å². The number of nitrogens with zero attached hydrogens (tertiary/aromatic N) is 4. The van der Waals surface area contributed by atoms with Crippen molar-refractivity contribution in [3.63, 3.8) is 0 Å². The van der Waals surface area contributed by atoms with Gasteiger partial charge in [-0.25, -0.2) is 0 Å². The second kappa shape index (κ2) is 10.7. The molecule has 2 N–H and O–H groups in total. The van der Waals surface area contributed by atoms with Crippen LogP contribution in [0, 0.1) is 6.92 Å². The lowest BCUT2D eigenvalue weighted by molar-refractivity contribution is 0.0827. The lowest BCUT2D eigenvalue weighted by Gasteiger charge is -2.12. The molecule has 0 atom stereocenters. The third-order valence-corrected chi connectivity index (χ3v) is 3.49. The maximum atomic E-state index is 12.0. The van der Waals surface area contributed by atoms with Crippen LogP contribution in [0.5, 0.6) is 0 Å².